The molecule has 1 N–H and O–H groups in total. The average molecular weight is 176 g/mol. The van der Waals surface area contributed by atoms with E-state index in [0.29, 0.717) is 5.92 Å². The third-order valence-corrected chi connectivity index (χ3v) is 3.07. The molecule has 1 unspecified atom stereocenters. The summed E-state index contributed by atoms with van der Waals surface area (Å²) in [6.45, 7) is 1.90. The van der Waals surface area contributed by atoms with E-state index in [4.69, 9.17) is 0 Å². The van der Waals surface area contributed by atoms with Crippen LogP contribution >= 0.6 is 0 Å². The SMILES string of the molecule is C[C@@H](O)C1CCc2ccccc2C1. The zero-order valence-electron chi connectivity index (χ0n) is 8.03. The summed E-state index contributed by atoms with van der Waals surface area (Å²) < 4.78 is 0. The smallest absolute Gasteiger partial charge is 0.0543 e. The Morgan fingerprint density at radius 2 is 2.00 bits per heavy atom. The Hall–Kier alpha value is -0.820. The molecular formula is C12H16O. The number of aliphatic hydroxyl groups excluding tert-OH is 1. The molecule has 0 radical (unpaired) electrons. The maximum atomic E-state index is 9.50. The van der Waals surface area contributed by atoms with Crippen LogP contribution in [0.25, 0.3) is 0 Å². The highest BCUT2D eigenvalue weighted by Gasteiger charge is 2.21. The van der Waals surface area contributed by atoms with Crippen molar-refractivity contribution in [2.24, 2.45) is 5.92 Å². The fourth-order valence-electron chi connectivity index (χ4n) is 2.14. The first-order chi connectivity index (χ1) is 6.27. The quantitative estimate of drug-likeness (QED) is 0.695. The lowest BCUT2D eigenvalue weighted by Crippen LogP contribution is -2.24. The lowest BCUT2D eigenvalue weighted by atomic mass is 9.81. The van der Waals surface area contributed by atoms with E-state index in [1.54, 1.807) is 0 Å². The summed E-state index contributed by atoms with van der Waals surface area (Å²) in [5.74, 6) is 0.468. The van der Waals surface area contributed by atoms with Crippen LogP contribution in [0.1, 0.15) is 24.5 Å². The molecule has 1 heteroatoms. The third kappa shape index (κ3) is 1.75. The van der Waals surface area contributed by atoms with Gasteiger partial charge in [-0.15, -0.1) is 0 Å². The van der Waals surface area contributed by atoms with Gasteiger partial charge in [-0.3, -0.25) is 0 Å². The number of aryl methyl sites for hydroxylation is 1. The summed E-state index contributed by atoms with van der Waals surface area (Å²) in [7, 11) is 0. The number of fused-ring (bicyclic) bond motifs is 1. The first kappa shape index (κ1) is 8.76. The van der Waals surface area contributed by atoms with Crippen molar-refractivity contribution in [3.63, 3.8) is 0 Å². The Bertz CT molecular complexity index is 291. The minimum Gasteiger partial charge on any atom is -0.393 e. The maximum absolute atomic E-state index is 9.50. The van der Waals surface area contributed by atoms with Gasteiger partial charge in [0.2, 0.25) is 0 Å². The number of hydrogen-bond donors (Lipinski definition) is 1. The molecule has 1 aliphatic carbocycles. The van der Waals surface area contributed by atoms with Gasteiger partial charge in [0.05, 0.1) is 6.10 Å². The van der Waals surface area contributed by atoms with Gasteiger partial charge < -0.3 is 5.11 Å². The second-order valence-electron chi connectivity index (χ2n) is 4.01. The molecule has 1 aliphatic rings. The van der Waals surface area contributed by atoms with Crippen LogP contribution in [0.5, 0.6) is 0 Å². The second kappa shape index (κ2) is 3.51. The van der Waals surface area contributed by atoms with Gasteiger partial charge in [-0.1, -0.05) is 24.3 Å². The Morgan fingerprint density at radius 3 is 2.69 bits per heavy atom. The Kier molecular flexibility index (Phi) is 2.36. The number of rotatable bonds is 1. The molecule has 0 saturated carbocycles. The molecule has 0 amide bonds. The van der Waals surface area contributed by atoms with E-state index in [2.05, 4.69) is 24.3 Å². The van der Waals surface area contributed by atoms with E-state index >= 15 is 0 Å². The van der Waals surface area contributed by atoms with Gasteiger partial charge in [0, 0.05) is 0 Å². The molecule has 0 fully saturated rings. The minimum atomic E-state index is -0.159. The van der Waals surface area contributed by atoms with Crippen LogP contribution in [-0.2, 0) is 12.8 Å². The van der Waals surface area contributed by atoms with Gasteiger partial charge in [-0.25, -0.2) is 0 Å². The van der Waals surface area contributed by atoms with Crippen molar-refractivity contribution < 1.29 is 5.11 Å². The molecule has 0 spiro atoms. The lowest BCUT2D eigenvalue weighted by Gasteiger charge is -2.26. The largest absolute Gasteiger partial charge is 0.393 e. The molecule has 13 heavy (non-hydrogen) atoms. The van der Waals surface area contributed by atoms with Crippen LogP contribution in [0.15, 0.2) is 24.3 Å². The fourth-order valence-corrected chi connectivity index (χ4v) is 2.14. The monoisotopic (exact) mass is 176 g/mol. The van der Waals surface area contributed by atoms with Gasteiger partial charge in [0.15, 0.2) is 0 Å². The van der Waals surface area contributed by atoms with E-state index in [1.165, 1.54) is 11.1 Å². The van der Waals surface area contributed by atoms with Crippen LogP contribution in [-0.4, -0.2) is 11.2 Å². The van der Waals surface area contributed by atoms with E-state index < -0.39 is 0 Å². The van der Waals surface area contributed by atoms with E-state index in [0.717, 1.165) is 19.3 Å². The normalized spacial score (nSPS) is 23.7. The van der Waals surface area contributed by atoms with Gasteiger partial charge >= 0.3 is 0 Å². The van der Waals surface area contributed by atoms with Crippen molar-refractivity contribution >= 4 is 0 Å². The zero-order valence-corrected chi connectivity index (χ0v) is 8.03. The summed E-state index contributed by atoms with van der Waals surface area (Å²) in [6.07, 6.45) is 3.15. The Morgan fingerprint density at radius 1 is 1.31 bits per heavy atom. The van der Waals surface area contributed by atoms with Gasteiger partial charge in [0.1, 0.15) is 0 Å². The van der Waals surface area contributed by atoms with Gasteiger partial charge in [-0.05, 0) is 43.2 Å². The van der Waals surface area contributed by atoms with E-state index in [9.17, 15) is 5.11 Å². The topological polar surface area (TPSA) is 20.2 Å². The molecule has 2 atom stereocenters. The Balaban J connectivity index is 2.20. The number of benzene rings is 1. The third-order valence-electron chi connectivity index (χ3n) is 3.07. The molecule has 0 aliphatic heterocycles. The Labute approximate surface area is 79.4 Å². The fraction of sp³-hybridized carbons (Fsp3) is 0.500. The van der Waals surface area contributed by atoms with Crippen molar-refractivity contribution in [2.45, 2.75) is 32.3 Å². The van der Waals surface area contributed by atoms with Gasteiger partial charge in [-0.2, -0.15) is 0 Å². The number of aliphatic hydroxyl groups is 1. The molecule has 1 aromatic rings. The highest BCUT2D eigenvalue weighted by atomic mass is 16.3. The van der Waals surface area contributed by atoms with Gasteiger partial charge in [0.25, 0.3) is 0 Å². The molecule has 0 heterocycles. The lowest BCUT2D eigenvalue weighted by molar-refractivity contribution is 0.117. The minimum absolute atomic E-state index is 0.159. The molecule has 0 bridgehead atoms. The summed E-state index contributed by atoms with van der Waals surface area (Å²) in [6, 6.07) is 8.57. The zero-order chi connectivity index (χ0) is 9.26. The molecule has 2 rings (SSSR count). The molecule has 1 aromatic carbocycles. The van der Waals surface area contributed by atoms with Crippen molar-refractivity contribution in [3.8, 4) is 0 Å². The van der Waals surface area contributed by atoms with Crippen molar-refractivity contribution in [3.05, 3.63) is 35.4 Å². The summed E-state index contributed by atoms with van der Waals surface area (Å²) >= 11 is 0. The van der Waals surface area contributed by atoms with Crippen LogP contribution in [0.3, 0.4) is 0 Å². The highest BCUT2D eigenvalue weighted by molar-refractivity contribution is 5.29. The predicted molar refractivity (Wildman–Crippen MR) is 53.6 cm³/mol. The van der Waals surface area contributed by atoms with Crippen molar-refractivity contribution in [2.75, 3.05) is 0 Å². The molecule has 1 nitrogen and oxygen atoms in total. The second-order valence-corrected chi connectivity index (χ2v) is 4.01. The average Bonchev–Trinajstić information content (AvgIpc) is 2.17. The summed E-state index contributed by atoms with van der Waals surface area (Å²) in [5.41, 5.74) is 2.90. The standard InChI is InChI=1S/C12H16O/c1-9(13)11-7-6-10-4-2-3-5-12(10)8-11/h2-5,9,11,13H,6-8H2,1H3/t9-,11?/m1/s1. The first-order valence-corrected chi connectivity index (χ1v) is 5.02. The van der Waals surface area contributed by atoms with Crippen LogP contribution < -0.4 is 0 Å². The predicted octanol–water partition coefficient (Wildman–Crippen LogP) is 2.17. The molecule has 0 saturated heterocycles. The first-order valence-electron chi connectivity index (χ1n) is 5.02. The number of hydrogen-bond acceptors (Lipinski definition) is 1. The highest BCUT2D eigenvalue weighted by Crippen LogP contribution is 2.27. The van der Waals surface area contributed by atoms with Crippen molar-refractivity contribution in [1.29, 1.82) is 0 Å². The van der Waals surface area contributed by atoms with Crippen LogP contribution in [0.4, 0.5) is 0 Å². The maximum Gasteiger partial charge on any atom is 0.0543 e. The molecule has 70 valence electrons. The van der Waals surface area contributed by atoms with E-state index in [-0.39, 0.29) is 6.10 Å². The summed E-state index contributed by atoms with van der Waals surface area (Å²) in [5, 5.41) is 9.50. The summed E-state index contributed by atoms with van der Waals surface area (Å²) in [4.78, 5) is 0. The molecular weight excluding hydrogens is 160 g/mol. The van der Waals surface area contributed by atoms with Crippen LogP contribution in [0, 0.1) is 5.92 Å². The van der Waals surface area contributed by atoms with Crippen molar-refractivity contribution in [1.82, 2.24) is 0 Å². The van der Waals surface area contributed by atoms with E-state index in [1.807, 2.05) is 6.92 Å². The molecule has 0 aromatic heterocycles. The van der Waals surface area contributed by atoms with Crippen LogP contribution in [0.2, 0.25) is 0 Å².